The SMILES string of the molecule is CCCC(CCO[Si](c1ccccc1)(c1ccccc1)C(C)(C)C)Nc1nc(NC(=O)O)nc2cnn(Cc3ncc(CO)cc3OC)c12. The molecule has 1 unspecified atom stereocenters. The molecule has 5 aromatic rings. The van der Waals surface area contributed by atoms with Crippen LogP contribution in [0.25, 0.3) is 11.0 Å². The maximum absolute atomic E-state index is 11.6. The number of aliphatic hydroxyl groups is 1. The van der Waals surface area contributed by atoms with Gasteiger partial charge in [-0.3, -0.25) is 15.0 Å². The number of nitrogens with zero attached hydrogens (tertiary/aromatic N) is 5. The van der Waals surface area contributed by atoms with Gasteiger partial charge in [-0.05, 0) is 39.9 Å². The van der Waals surface area contributed by atoms with Gasteiger partial charge in [0.05, 0.1) is 26.5 Å². The molecule has 0 aliphatic carbocycles. The number of fused-ring (bicyclic) bond motifs is 1. The van der Waals surface area contributed by atoms with Crippen LogP contribution in [0, 0.1) is 0 Å². The fraction of sp³-hybridized carbons (Fsp3) is 0.361. The molecular weight excluding hydrogens is 639 g/mol. The molecule has 0 saturated carbocycles. The minimum atomic E-state index is -2.74. The van der Waals surface area contributed by atoms with Crippen LogP contribution in [0.5, 0.6) is 5.75 Å². The highest BCUT2D eigenvalue weighted by Crippen LogP contribution is 2.37. The van der Waals surface area contributed by atoms with Gasteiger partial charge in [0, 0.05) is 18.8 Å². The average molecular weight is 684 g/mol. The Morgan fingerprint density at radius 2 is 1.67 bits per heavy atom. The summed E-state index contributed by atoms with van der Waals surface area (Å²) in [4.78, 5) is 25.1. The molecule has 0 fully saturated rings. The van der Waals surface area contributed by atoms with E-state index in [1.54, 1.807) is 30.3 Å². The van der Waals surface area contributed by atoms with Gasteiger partial charge < -0.3 is 24.7 Å². The van der Waals surface area contributed by atoms with Crippen LogP contribution in [0.3, 0.4) is 0 Å². The molecule has 49 heavy (non-hydrogen) atoms. The van der Waals surface area contributed by atoms with Crippen LogP contribution in [0.15, 0.2) is 79.1 Å². The van der Waals surface area contributed by atoms with Gasteiger partial charge in [0.2, 0.25) is 5.95 Å². The molecule has 13 heteroatoms. The molecule has 1 amide bonds. The zero-order chi connectivity index (χ0) is 35.0. The summed E-state index contributed by atoms with van der Waals surface area (Å²) in [5.74, 6) is 0.907. The highest BCUT2D eigenvalue weighted by Gasteiger charge is 2.50. The quantitative estimate of drug-likeness (QED) is 0.105. The van der Waals surface area contributed by atoms with Crippen molar-refractivity contribution in [1.82, 2.24) is 24.7 Å². The van der Waals surface area contributed by atoms with E-state index in [4.69, 9.17) is 9.16 Å². The molecule has 0 spiro atoms. The lowest BCUT2D eigenvalue weighted by atomic mass is 10.1. The number of rotatable bonds is 15. The standard InChI is InChI=1S/C36H45N7O5Si/c1-6-13-26(18-19-48-49(36(2,3)4,27-14-9-7-10-15-27)28-16-11-8-12-17-28)39-33-32-29(40-34(41-33)42-35(45)46)22-38-43(32)23-30-31(47-5)20-25(24-44)21-37-30/h7-12,14-17,20-22,26,44H,6,13,18-19,23-24H2,1-5H3,(H,45,46)(H2,39,40,41,42). The van der Waals surface area contributed by atoms with E-state index in [0.29, 0.717) is 46.9 Å². The number of ether oxygens (including phenoxy) is 1. The molecule has 0 saturated heterocycles. The molecule has 0 radical (unpaired) electrons. The number of carboxylic acid groups (broad SMARTS) is 1. The summed E-state index contributed by atoms with van der Waals surface area (Å²) in [7, 11) is -1.19. The van der Waals surface area contributed by atoms with Crippen LogP contribution >= 0.6 is 0 Å². The Morgan fingerprint density at radius 1 is 1.00 bits per heavy atom. The van der Waals surface area contributed by atoms with E-state index in [-0.39, 0.29) is 30.2 Å². The molecule has 4 N–H and O–H groups in total. The molecule has 1 atom stereocenters. The Bertz CT molecular complexity index is 1810. The van der Waals surface area contributed by atoms with Gasteiger partial charge in [-0.1, -0.05) is 94.8 Å². The van der Waals surface area contributed by atoms with Crippen LogP contribution in [0.1, 0.15) is 58.2 Å². The Morgan fingerprint density at radius 3 is 2.24 bits per heavy atom. The summed E-state index contributed by atoms with van der Waals surface area (Å²) in [5, 5.41) is 31.8. The Labute approximate surface area is 287 Å². The lowest BCUT2D eigenvalue weighted by Gasteiger charge is -2.43. The maximum atomic E-state index is 11.6. The predicted octanol–water partition coefficient (Wildman–Crippen LogP) is 5.41. The number of nitrogens with one attached hydrogen (secondary N) is 2. The van der Waals surface area contributed by atoms with Gasteiger partial charge in [0.25, 0.3) is 8.32 Å². The van der Waals surface area contributed by atoms with Crippen molar-refractivity contribution in [3.05, 3.63) is 90.4 Å². The minimum absolute atomic E-state index is 0.0520. The number of aromatic nitrogens is 5. The summed E-state index contributed by atoms with van der Waals surface area (Å²) in [5.41, 5.74) is 2.29. The summed E-state index contributed by atoms with van der Waals surface area (Å²) >= 11 is 0. The number of methoxy groups -OCH3 is 1. The predicted molar refractivity (Wildman–Crippen MR) is 193 cm³/mol. The Hall–Kier alpha value is -4.85. The molecule has 3 heterocycles. The van der Waals surface area contributed by atoms with Gasteiger partial charge in [0.1, 0.15) is 22.5 Å². The fourth-order valence-electron chi connectivity index (χ4n) is 6.35. The van der Waals surface area contributed by atoms with Crippen LogP contribution in [0.2, 0.25) is 5.04 Å². The summed E-state index contributed by atoms with van der Waals surface area (Å²) in [6, 6.07) is 22.8. The summed E-state index contributed by atoms with van der Waals surface area (Å²) < 4.78 is 14.5. The number of amides is 1. The van der Waals surface area contributed by atoms with E-state index >= 15 is 0 Å². The topological polar surface area (TPSA) is 157 Å². The Balaban J connectivity index is 1.48. The van der Waals surface area contributed by atoms with Crippen molar-refractivity contribution in [2.45, 2.75) is 71.2 Å². The zero-order valence-corrected chi connectivity index (χ0v) is 29.7. The second-order valence-electron chi connectivity index (χ2n) is 12.9. The minimum Gasteiger partial charge on any atom is -0.495 e. The number of pyridine rings is 1. The smallest absolute Gasteiger partial charge is 0.411 e. The van der Waals surface area contributed by atoms with Crippen molar-refractivity contribution in [3.63, 3.8) is 0 Å². The highest BCUT2D eigenvalue weighted by molar-refractivity contribution is 6.99. The normalized spacial score (nSPS) is 12.5. The molecule has 258 valence electrons. The first-order chi connectivity index (χ1) is 23.6. The number of hydrogen-bond donors (Lipinski definition) is 4. The molecule has 0 aliphatic heterocycles. The van der Waals surface area contributed by atoms with Crippen LogP contribution in [0.4, 0.5) is 16.6 Å². The number of carbonyl (C=O) groups is 1. The van der Waals surface area contributed by atoms with Crippen molar-refractivity contribution < 1.29 is 24.2 Å². The van der Waals surface area contributed by atoms with E-state index in [0.717, 1.165) is 12.8 Å². The van der Waals surface area contributed by atoms with Gasteiger partial charge >= 0.3 is 6.09 Å². The molecule has 2 aromatic carbocycles. The summed E-state index contributed by atoms with van der Waals surface area (Å²) in [6.45, 7) is 9.49. The molecular formula is C36H45N7O5Si. The molecule has 5 rings (SSSR count). The van der Waals surface area contributed by atoms with Gasteiger partial charge in [0.15, 0.2) is 5.82 Å². The van der Waals surface area contributed by atoms with E-state index < -0.39 is 14.4 Å². The third kappa shape index (κ3) is 7.90. The lowest BCUT2D eigenvalue weighted by Crippen LogP contribution is -2.66. The third-order valence-corrected chi connectivity index (χ3v) is 13.6. The van der Waals surface area contributed by atoms with Crippen LogP contribution in [-0.4, -0.2) is 69.1 Å². The van der Waals surface area contributed by atoms with Gasteiger partial charge in [-0.15, -0.1) is 0 Å². The van der Waals surface area contributed by atoms with Crippen molar-refractivity contribution in [2.75, 3.05) is 24.4 Å². The average Bonchev–Trinajstić information content (AvgIpc) is 3.49. The maximum Gasteiger partial charge on any atom is 0.411 e. The van der Waals surface area contributed by atoms with Crippen molar-refractivity contribution in [1.29, 1.82) is 0 Å². The number of anilines is 2. The molecule has 0 bridgehead atoms. The fourth-order valence-corrected chi connectivity index (χ4v) is 10.9. The van der Waals surface area contributed by atoms with Crippen LogP contribution in [-0.2, 0) is 17.6 Å². The summed E-state index contributed by atoms with van der Waals surface area (Å²) in [6.07, 6.45) is 4.31. The number of hydrogen-bond acceptors (Lipinski definition) is 9. The molecule has 12 nitrogen and oxygen atoms in total. The number of benzene rings is 2. The van der Waals surface area contributed by atoms with Crippen molar-refractivity contribution in [3.8, 4) is 5.75 Å². The lowest BCUT2D eigenvalue weighted by molar-refractivity contribution is 0.209. The largest absolute Gasteiger partial charge is 0.495 e. The van der Waals surface area contributed by atoms with Crippen molar-refractivity contribution >= 4 is 47.6 Å². The van der Waals surface area contributed by atoms with E-state index in [9.17, 15) is 15.0 Å². The first-order valence-corrected chi connectivity index (χ1v) is 18.4. The second kappa shape index (κ2) is 15.6. The van der Waals surface area contributed by atoms with Crippen molar-refractivity contribution in [2.24, 2.45) is 0 Å². The zero-order valence-electron chi connectivity index (χ0n) is 28.7. The first-order valence-electron chi connectivity index (χ1n) is 16.5. The molecule has 3 aromatic heterocycles. The van der Waals surface area contributed by atoms with Crippen LogP contribution < -0.4 is 25.7 Å². The highest BCUT2D eigenvalue weighted by atomic mass is 28.4. The number of aliphatic hydroxyl groups excluding tert-OH is 1. The first kappa shape index (κ1) is 35.5. The van der Waals surface area contributed by atoms with E-state index in [1.807, 2.05) is 12.1 Å². The molecule has 0 aliphatic rings. The van der Waals surface area contributed by atoms with E-state index in [2.05, 4.69) is 107 Å². The van der Waals surface area contributed by atoms with Gasteiger partial charge in [-0.2, -0.15) is 10.1 Å². The van der Waals surface area contributed by atoms with Gasteiger partial charge in [-0.25, -0.2) is 9.78 Å². The second-order valence-corrected chi connectivity index (χ2v) is 17.2. The Kier molecular flexibility index (Phi) is 11.3. The van der Waals surface area contributed by atoms with E-state index in [1.165, 1.54) is 10.4 Å². The monoisotopic (exact) mass is 683 g/mol. The third-order valence-electron chi connectivity index (χ3n) is 8.58.